The third-order valence-electron chi connectivity index (χ3n) is 4.41. The van der Waals surface area contributed by atoms with Gasteiger partial charge in [-0.2, -0.15) is 4.31 Å². The number of anilines is 1. The van der Waals surface area contributed by atoms with E-state index in [1.54, 1.807) is 7.11 Å². The topological polar surface area (TPSA) is 59.1 Å². The minimum Gasteiger partial charge on any atom is -0.495 e. The van der Waals surface area contributed by atoms with Crippen LogP contribution in [0.25, 0.3) is 0 Å². The first-order valence-corrected chi connectivity index (χ1v) is 9.63. The first-order valence-electron chi connectivity index (χ1n) is 8.19. The van der Waals surface area contributed by atoms with Gasteiger partial charge in [0, 0.05) is 26.2 Å². The molecule has 1 aliphatic rings. The van der Waals surface area contributed by atoms with Gasteiger partial charge in [0.1, 0.15) is 22.2 Å². The summed E-state index contributed by atoms with van der Waals surface area (Å²) in [5.74, 6) is 0.270. The van der Waals surface area contributed by atoms with Crippen LogP contribution >= 0.6 is 0 Å². The zero-order chi connectivity index (χ0) is 18.7. The Balaban J connectivity index is 1.80. The van der Waals surface area contributed by atoms with Crippen LogP contribution in [0, 0.1) is 5.82 Å². The third-order valence-corrected chi connectivity index (χ3v) is 6.33. The highest BCUT2D eigenvalue weighted by Gasteiger charge is 2.31. The van der Waals surface area contributed by atoms with E-state index in [0.29, 0.717) is 26.2 Å². The van der Waals surface area contributed by atoms with Crippen molar-refractivity contribution in [1.29, 1.82) is 0 Å². The lowest BCUT2D eigenvalue weighted by Crippen LogP contribution is -2.48. The molecule has 1 fully saturated rings. The summed E-state index contributed by atoms with van der Waals surface area (Å²) in [5.41, 5.74) is 0.926. The van der Waals surface area contributed by atoms with E-state index in [2.05, 4.69) is 4.90 Å². The predicted octanol–water partition coefficient (Wildman–Crippen LogP) is 2.35. The van der Waals surface area contributed by atoms with Crippen LogP contribution in [0.15, 0.2) is 47.4 Å². The van der Waals surface area contributed by atoms with Crippen molar-refractivity contribution < 1.29 is 22.3 Å². The molecule has 1 aliphatic heterocycles. The van der Waals surface area contributed by atoms with Crippen molar-refractivity contribution in [2.75, 3.05) is 45.3 Å². The van der Waals surface area contributed by atoms with Crippen LogP contribution in [0.1, 0.15) is 0 Å². The van der Waals surface area contributed by atoms with Gasteiger partial charge >= 0.3 is 0 Å². The first kappa shape index (κ1) is 18.5. The van der Waals surface area contributed by atoms with E-state index in [0.717, 1.165) is 17.5 Å². The monoisotopic (exact) mass is 380 g/mol. The molecule has 8 heteroatoms. The number of methoxy groups -OCH3 is 2. The molecule has 1 heterocycles. The summed E-state index contributed by atoms with van der Waals surface area (Å²) in [7, 11) is -0.864. The molecule has 6 nitrogen and oxygen atoms in total. The number of piperazine rings is 1. The van der Waals surface area contributed by atoms with Crippen LogP contribution < -0.4 is 14.4 Å². The van der Waals surface area contributed by atoms with Gasteiger partial charge in [0.25, 0.3) is 0 Å². The lowest BCUT2D eigenvalue weighted by molar-refractivity contribution is 0.369. The zero-order valence-electron chi connectivity index (χ0n) is 14.7. The second-order valence-electron chi connectivity index (χ2n) is 5.86. The highest BCUT2D eigenvalue weighted by Crippen LogP contribution is 2.31. The van der Waals surface area contributed by atoms with Gasteiger partial charge in [-0.3, -0.25) is 0 Å². The second-order valence-corrected chi connectivity index (χ2v) is 7.76. The van der Waals surface area contributed by atoms with Gasteiger partial charge in [0.15, 0.2) is 0 Å². The molecule has 3 rings (SSSR count). The lowest BCUT2D eigenvalue weighted by atomic mass is 10.2. The maximum atomic E-state index is 13.6. The van der Waals surface area contributed by atoms with Crippen LogP contribution in [0.2, 0.25) is 0 Å². The fourth-order valence-electron chi connectivity index (χ4n) is 3.05. The number of para-hydroxylation sites is 2. The van der Waals surface area contributed by atoms with E-state index in [-0.39, 0.29) is 10.6 Å². The van der Waals surface area contributed by atoms with Crippen LogP contribution in [0.4, 0.5) is 10.1 Å². The molecular weight excluding hydrogens is 359 g/mol. The Morgan fingerprint density at radius 1 is 0.923 bits per heavy atom. The summed E-state index contributed by atoms with van der Waals surface area (Å²) in [6.07, 6.45) is 0. The molecule has 0 aliphatic carbocycles. The Labute approximate surface area is 152 Å². The van der Waals surface area contributed by atoms with Crippen LogP contribution in [-0.2, 0) is 10.0 Å². The number of halogens is 1. The fraction of sp³-hybridized carbons (Fsp3) is 0.333. The Hall–Kier alpha value is -2.32. The van der Waals surface area contributed by atoms with E-state index in [1.807, 2.05) is 24.3 Å². The van der Waals surface area contributed by atoms with Crippen molar-refractivity contribution in [1.82, 2.24) is 4.31 Å². The number of ether oxygens (including phenoxy) is 2. The Kier molecular flexibility index (Phi) is 5.33. The molecule has 0 amide bonds. The van der Waals surface area contributed by atoms with Gasteiger partial charge in [0.2, 0.25) is 10.0 Å². The average molecular weight is 380 g/mol. The summed E-state index contributed by atoms with van der Waals surface area (Å²) in [6, 6.07) is 11.1. The molecular formula is C18H21FN2O4S. The average Bonchev–Trinajstić information content (AvgIpc) is 2.68. The maximum absolute atomic E-state index is 13.6. The largest absolute Gasteiger partial charge is 0.495 e. The molecule has 0 bridgehead atoms. The molecule has 0 atom stereocenters. The third kappa shape index (κ3) is 3.47. The van der Waals surface area contributed by atoms with E-state index in [9.17, 15) is 12.8 Å². The minimum absolute atomic E-state index is 0.138. The van der Waals surface area contributed by atoms with Crippen molar-refractivity contribution >= 4 is 15.7 Å². The number of hydrogen-bond donors (Lipinski definition) is 0. The van der Waals surface area contributed by atoms with Crippen LogP contribution in [-0.4, -0.2) is 53.1 Å². The van der Waals surface area contributed by atoms with E-state index in [1.165, 1.54) is 23.5 Å². The van der Waals surface area contributed by atoms with E-state index >= 15 is 0 Å². The summed E-state index contributed by atoms with van der Waals surface area (Å²) in [5, 5.41) is 0. The van der Waals surface area contributed by atoms with Gasteiger partial charge in [-0.25, -0.2) is 12.8 Å². The Morgan fingerprint density at radius 2 is 1.58 bits per heavy atom. The quantitative estimate of drug-likeness (QED) is 0.797. The SMILES string of the molecule is COc1ccccc1N1CCN(S(=O)(=O)c2cc(F)ccc2OC)CC1. The number of hydrogen-bond acceptors (Lipinski definition) is 5. The normalized spacial score (nSPS) is 15.7. The van der Waals surface area contributed by atoms with Crippen LogP contribution in [0.5, 0.6) is 11.5 Å². The molecule has 0 aromatic heterocycles. The van der Waals surface area contributed by atoms with Gasteiger partial charge in [-0.15, -0.1) is 0 Å². The highest BCUT2D eigenvalue weighted by molar-refractivity contribution is 7.89. The number of nitrogens with zero attached hydrogens (tertiary/aromatic N) is 2. The molecule has 0 unspecified atom stereocenters. The number of rotatable bonds is 5. The molecule has 0 N–H and O–H groups in total. The molecule has 2 aromatic carbocycles. The van der Waals surface area contributed by atoms with Gasteiger partial charge in [0.05, 0.1) is 19.9 Å². The highest BCUT2D eigenvalue weighted by atomic mass is 32.2. The molecule has 140 valence electrons. The summed E-state index contributed by atoms with van der Waals surface area (Å²) in [6.45, 7) is 1.61. The van der Waals surface area contributed by atoms with Gasteiger partial charge in [-0.1, -0.05) is 12.1 Å². The lowest BCUT2D eigenvalue weighted by Gasteiger charge is -2.36. The summed E-state index contributed by atoms with van der Waals surface area (Å²) >= 11 is 0. The number of benzene rings is 2. The minimum atomic E-state index is -3.84. The molecule has 1 saturated heterocycles. The second kappa shape index (κ2) is 7.51. The molecule has 26 heavy (non-hydrogen) atoms. The van der Waals surface area contributed by atoms with Crippen molar-refractivity contribution in [3.8, 4) is 11.5 Å². The Morgan fingerprint density at radius 3 is 2.23 bits per heavy atom. The van der Waals surface area contributed by atoms with Crippen molar-refractivity contribution in [2.24, 2.45) is 0 Å². The zero-order valence-corrected chi connectivity index (χ0v) is 15.5. The molecule has 0 radical (unpaired) electrons. The van der Waals surface area contributed by atoms with Gasteiger partial charge in [-0.05, 0) is 30.3 Å². The summed E-state index contributed by atoms with van der Waals surface area (Å²) in [4.78, 5) is 1.93. The predicted molar refractivity (Wildman–Crippen MR) is 96.9 cm³/mol. The van der Waals surface area contributed by atoms with E-state index < -0.39 is 15.8 Å². The van der Waals surface area contributed by atoms with E-state index in [4.69, 9.17) is 9.47 Å². The van der Waals surface area contributed by atoms with Gasteiger partial charge < -0.3 is 14.4 Å². The fourth-order valence-corrected chi connectivity index (χ4v) is 4.64. The maximum Gasteiger partial charge on any atom is 0.246 e. The first-order chi connectivity index (χ1) is 12.5. The van der Waals surface area contributed by atoms with Crippen molar-refractivity contribution in [3.05, 3.63) is 48.3 Å². The van der Waals surface area contributed by atoms with Crippen LogP contribution in [0.3, 0.4) is 0 Å². The molecule has 0 spiro atoms. The molecule has 0 saturated carbocycles. The standard InChI is InChI=1S/C18H21FN2O4S/c1-24-16-6-4-3-5-15(16)20-9-11-21(12-10-20)26(22,23)18-13-14(19)7-8-17(18)25-2/h3-8,13H,9-12H2,1-2H3. The smallest absolute Gasteiger partial charge is 0.246 e. The molecule has 2 aromatic rings. The number of sulfonamides is 1. The Bertz CT molecular complexity index is 881. The van der Waals surface area contributed by atoms with Crippen molar-refractivity contribution in [2.45, 2.75) is 4.90 Å². The summed E-state index contributed by atoms with van der Waals surface area (Å²) < 4.78 is 51.3. The van der Waals surface area contributed by atoms with Crippen molar-refractivity contribution in [3.63, 3.8) is 0 Å².